The smallest absolute Gasteiger partial charge is 0.293 e. The van der Waals surface area contributed by atoms with Gasteiger partial charge in [-0.2, -0.15) is 0 Å². The topological polar surface area (TPSA) is 60.2 Å². The Morgan fingerprint density at radius 2 is 1.78 bits per heavy atom. The van der Waals surface area contributed by atoms with Crippen LogP contribution in [0.4, 0.5) is 0 Å². The fourth-order valence-corrected chi connectivity index (χ4v) is 4.11. The van der Waals surface area contributed by atoms with E-state index in [-0.39, 0.29) is 11.7 Å². The Hall–Kier alpha value is -3.64. The van der Waals surface area contributed by atoms with Crippen molar-refractivity contribution in [3.05, 3.63) is 94.8 Å². The quantitative estimate of drug-likeness (QED) is 0.454. The van der Waals surface area contributed by atoms with Crippen molar-refractivity contribution in [1.29, 1.82) is 0 Å². The second kappa shape index (κ2) is 8.48. The van der Waals surface area contributed by atoms with Gasteiger partial charge in [0.05, 0.1) is 12.8 Å². The molecule has 1 aliphatic rings. The van der Waals surface area contributed by atoms with Crippen LogP contribution in [0, 0.1) is 0 Å². The zero-order valence-corrected chi connectivity index (χ0v) is 18.3. The number of benzene rings is 3. The molecule has 0 saturated carbocycles. The molecule has 0 spiro atoms. The number of nitrogens with zero attached hydrogens (tertiary/aromatic N) is 4. The van der Waals surface area contributed by atoms with Gasteiger partial charge in [-0.25, -0.2) is 9.67 Å². The molecular weight excluding hydrogens is 424 g/mol. The van der Waals surface area contributed by atoms with E-state index in [1.54, 1.807) is 28.8 Å². The van der Waals surface area contributed by atoms with E-state index >= 15 is 0 Å². The standard InChI is InChI=1S/C25H21ClN4O2/c1-32-22-11-9-18(10-12-22)24-27-23(28-30(24)21-8-4-7-20(26)15-21)25(31)29-14-13-17-5-2-3-6-19(17)16-29/h2-12,15H,13-14,16H2,1H3. The summed E-state index contributed by atoms with van der Waals surface area (Å²) in [4.78, 5) is 19.8. The van der Waals surface area contributed by atoms with Gasteiger partial charge in [0, 0.05) is 23.7 Å². The van der Waals surface area contributed by atoms with Crippen LogP contribution < -0.4 is 4.74 Å². The van der Waals surface area contributed by atoms with Gasteiger partial charge in [0.15, 0.2) is 5.82 Å². The van der Waals surface area contributed by atoms with E-state index in [1.165, 1.54) is 5.56 Å². The number of hydrogen-bond donors (Lipinski definition) is 0. The summed E-state index contributed by atoms with van der Waals surface area (Å²) in [6.45, 7) is 1.19. The predicted octanol–water partition coefficient (Wildman–Crippen LogP) is 4.79. The number of amides is 1. The first-order valence-electron chi connectivity index (χ1n) is 10.4. The summed E-state index contributed by atoms with van der Waals surface area (Å²) in [5.41, 5.74) is 4.00. The molecule has 32 heavy (non-hydrogen) atoms. The van der Waals surface area contributed by atoms with Crippen molar-refractivity contribution < 1.29 is 9.53 Å². The minimum absolute atomic E-state index is 0.162. The fraction of sp³-hybridized carbons (Fsp3) is 0.160. The van der Waals surface area contributed by atoms with E-state index in [4.69, 9.17) is 16.3 Å². The van der Waals surface area contributed by atoms with Gasteiger partial charge in [-0.1, -0.05) is 41.9 Å². The van der Waals surface area contributed by atoms with Gasteiger partial charge in [-0.3, -0.25) is 4.79 Å². The van der Waals surface area contributed by atoms with Crippen molar-refractivity contribution in [2.75, 3.05) is 13.7 Å². The highest BCUT2D eigenvalue weighted by Gasteiger charge is 2.26. The molecule has 0 radical (unpaired) electrons. The lowest BCUT2D eigenvalue weighted by atomic mass is 10.00. The number of fused-ring (bicyclic) bond motifs is 1. The number of methoxy groups -OCH3 is 1. The van der Waals surface area contributed by atoms with Crippen molar-refractivity contribution in [2.24, 2.45) is 0 Å². The van der Waals surface area contributed by atoms with Crippen LogP contribution in [0.15, 0.2) is 72.8 Å². The van der Waals surface area contributed by atoms with Crippen molar-refractivity contribution in [2.45, 2.75) is 13.0 Å². The van der Waals surface area contributed by atoms with Crippen molar-refractivity contribution in [3.63, 3.8) is 0 Å². The summed E-state index contributed by atoms with van der Waals surface area (Å²) in [5, 5.41) is 5.18. The van der Waals surface area contributed by atoms with Crippen molar-refractivity contribution in [1.82, 2.24) is 19.7 Å². The molecule has 2 heterocycles. The maximum absolute atomic E-state index is 13.3. The molecule has 5 rings (SSSR count). The molecule has 0 atom stereocenters. The van der Waals surface area contributed by atoms with Gasteiger partial charge in [0.1, 0.15) is 5.75 Å². The normalized spacial score (nSPS) is 13.0. The maximum Gasteiger partial charge on any atom is 0.293 e. The van der Waals surface area contributed by atoms with Crippen LogP contribution in [0.5, 0.6) is 5.75 Å². The monoisotopic (exact) mass is 444 g/mol. The summed E-state index contributed by atoms with van der Waals surface area (Å²) in [6, 6.07) is 23.1. The second-order valence-corrected chi connectivity index (χ2v) is 8.06. The predicted molar refractivity (Wildman–Crippen MR) is 123 cm³/mol. The number of aromatic nitrogens is 3. The molecule has 3 aromatic carbocycles. The van der Waals surface area contributed by atoms with Crippen LogP contribution >= 0.6 is 11.6 Å². The first-order valence-corrected chi connectivity index (χ1v) is 10.7. The van der Waals surface area contributed by atoms with E-state index < -0.39 is 0 Å². The van der Waals surface area contributed by atoms with Crippen LogP contribution in [-0.4, -0.2) is 39.2 Å². The number of rotatable bonds is 4. The van der Waals surface area contributed by atoms with Crippen LogP contribution in [-0.2, 0) is 13.0 Å². The van der Waals surface area contributed by atoms with Gasteiger partial charge in [-0.15, -0.1) is 5.10 Å². The Balaban J connectivity index is 1.54. The summed E-state index contributed by atoms with van der Waals surface area (Å²) in [7, 11) is 1.62. The summed E-state index contributed by atoms with van der Waals surface area (Å²) in [5.74, 6) is 1.28. The summed E-state index contributed by atoms with van der Waals surface area (Å²) < 4.78 is 6.93. The minimum Gasteiger partial charge on any atom is -0.497 e. The van der Waals surface area contributed by atoms with E-state index in [1.807, 2.05) is 48.5 Å². The summed E-state index contributed by atoms with van der Waals surface area (Å²) >= 11 is 6.22. The highest BCUT2D eigenvalue weighted by molar-refractivity contribution is 6.30. The minimum atomic E-state index is -0.185. The Bertz CT molecular complexity index is 1280. The fourth-order valence-electron chi connectivity index (χ4n) is 3.93. The van der Waals surface area contributed by atoms with Gasteiger partial charge < -0.3 is 9.64 Å². The molecule has 0 N–H and O–H groups in total. The third-order valence-corrected chi connectivity index (χ3v) is 5.85. The average Bonchev–Trinajstić information content (AvgIpc) is 3.29. The van der Waals surface area contributed by atoms with E-state index in [9.17, 15) is 4.79 Å². The molecule has 0 aliphatic carbocycles. The van der Waals surface area contributed by atoms with Crippen LogP contribution in [0.1, 0.15) is 21.7 Å². The zero-order valence-electron chi connectivity index (χ0n) is 17.5. The third kappa shape index (κ3) is 3.85. The first kappa shape index (κ1) is 20.3. The van der Waals surface area contributed by atoms with E-state index in [0.717, 1.165) is 29.0 Å². The number of ether oxygens (including phenoxy) is 1. The molecule has 1 amide bonds. The number of halogens is 1. The molecule has 1 aliphatic heterocycles. The van der Waals surface area contributed by atoms with Gasteiger partial charge in [0.25, 0.3) is 5.91 Å². The maximum atomic E-state index is 13.3. The molecule has 0 unspecified atom stereocenters. The SMILES string of the molecule is COc1ccc(-c2nc(C(=O)N3CCc4ccccc4C3)nn2-c2cccc(Cl)c2)cc1. The molecule has 7 heteroatoms. The Labute approximate surface area is 191 Å². The van der Waals surface area contributed by atoms with E-state index in [2.05, 4.69) is 22.2 Å². The average molecular weight is 445 g/mol. The lowest BCUT2D eigenvalue weighted by Crippen LogP contribution is -2.36. The van der Waals surface area contributed by atoms with Crippen LogP contribution in [0.2, 0.25) is 5.02 Å². The van der Waals surface area contributed by atoms with Gasteiger partial charge >= 0.3 is 0 Å². The van der Waals surface area contributed by atoms with Gasteiger partial charge in [-0.05, 0) is 60.0 Å². The van der Waals surface area contributed by atoms with Gasteiger partial charge in [0.2, 0.25) is 5.82 Å². The Morgan fingerprint density at radius 3 is 2.53 bits per heavy atom. The molecule has 160 valence electrons. The molecule has 6 nitrogen and oxygen atoms in total. The van der Waals surface area contributed by atoms with Crippen LogP contribution in [0.25, 0.3) is 17.1 Å². The lowest BCUT2D eigenvalue weighted by Gasteiger charge is -2.27. The number of carbonyl (C=O) groups excluding carboxylic acids is 1. The highest BCUT2D eigenvalue weighted by Crippen LogP contribution is 2.26. The van der Waals surface area contributed by atoms with Crippen molar-refractivity contribution in [3.8, 4) is 22.8 Å². The number of carbonyl (C=O) groups is 1. The third-order valence-electron chi connectivity index (χ3n) is 5.62. The summed E-state index contributed by atoms with van der Waals surface area (Å²) in [6.07, 6.45) is 0.822. The zero-order chi connectivity index (χ0) is 22.1. The second-order valence-electron chi connectivity index (χ2n) is 7.62. The Kier molecular flexibility index (Phi) is 5.37. The largest absolute Gasteiger partial charge is 0.497 e. The Morgan fingerprint density at radius 1 is 1.00 bits per heavy atom. The molecule has 0 saturated heterocycles. The molecule has 4 aromatic rings. The molecule has 1 aromatic heterocycles. The molecule has 0 fully saturated rings. The molecular formula is C25H21ClN4O2. The molecule has 0 bridgehead atoms. The number of hydrogen-bond acceptors (Lipinski definition) is 4. The van der Waals surface area contributed by atoms with Crippen molar-refractivity contribution >= 4 is 17.5 Å². The first-order chi connectivity index (χ1) is 15.6. The van der Waals surface area contributed by atoms with E-state index in [0.29, 0.717) is 23.9 Å². The van der Waals surface area contributed by atoms with Crippen LogP contribution in [0.3, 0.4) is 0 Å². The lowest BCUT2D eigenvalue weighted by molar-refractivity contribution is 0.0722. The highest BCUT2D eigenvalue weighted by atomic mass is 35.5.